The number of hydrogen-bond acceptors (Lipinski definition) is 4. The molecule has 1 heterocycles. The number of esters is 1. The van der Waals surface area contributed by atoms with Gasteiger partial charge in [0.15, 0.2) is 6.61 Å². The molecule has 0 atom stereocenters. The molecule has 0 aliphatic rings. The Balaban J connectivity index is 1.58. The molecule has 2 aromatic carbocycles. The first-order valence-electron chi connectivity index (χ1n) is 8.74. The minimum atomic E-state index is -0.596. The summed E-state index contributed by atoms with van der Waals surface area (Å²) in [5.41, 5.74) is 3.82. The topological polar surface area (TPSA) is 55.4 Å². The molecule has 0 spiro atoms. The highest BCUT2D eigenvalue weighted by Crippen LogP contribution is 2.35. The van der Waals surface area contributed by atoms with Gasteiger partial charge in [-0.1, -0.05) is 47.5 Å². The second-order valence-electron chi connectivity index (χ2n) is 6.54. The van der Waals surface area contributed by atoms with Crippen LogP contribution in [0.5, 0.6) is 0 Å². The molecule has 1 amide bonds. The quantitative estimate of drug-likeness (QED) is 0.432. The zero-order valence-corrected chi connectivity index (χ0v) is 17.4. The number of rotatable bonds is 5. The molecule has 1 aromatic heterocycles. The number of carbonyl (C=O) groups is 2. The lowest BCUT2D eigenvalue weighted by Crippen LogP contribution is -2.21. The lowest BCUT2D eigenvalue weighted by atomic mass is 10.1. The van der Waals surface area contributed by atoms with Crippen molar-refractivity contribution in [3.63, 3.8) is 0 Å². The first kappa shape index (κ1) is 20.1. The summed E-state index contributed by atoms with van der Waals surface area (Å²) in [7, 11) is 0. The minimum Gasteiger partial charge on any atom is -0.452 e. The highest BCUT2D eigenvalue weighted by Gasteiger charge is 2.11. The molecule has 0 aliphatic heterocycles. The number of amides is 1. The molecular weight excluding hydrogens is 394 g/mol. The lowest BCUT2D eigenvalue weighted by Gasteiger charge is -2.12. The third kappa shape index (κ3) is 4.61. The second-order valence-corrected chi connectivity index (χ2v) is 8.00. The summed E-state index contributed by atoms with van der Waals surface area (Å²) in [5.74, 6) is -0.974. The van der Waals surface area contributed by atoms with Gasteiger partial charge < -0.3 is 10.1 Å². The van der Waals surface area contributed by atoms with Gasteiger partial charge in [0, 0.05) is 26.7 Å². The van der Waals surface area contributed by atoms with Crippen molar-refractivity contribution in [3.8, 4) is 0 Å². The van der Waals surface area contributed by atoms with Crippen LogP contribution in [0.15, 0.2) is 42.5 Å². The lowest BCUT2D eigenvalue weighted by molar-refractivity contribution is -0.142. The summed E-state index contributed by atoms with van der Waals surface area (Å²) in [6, 6.07) is 11.7. The monoisotopic (exact) mass is 413 g/mol. The highest BCUT2D eigenvalue weighted by atomic mass is 35.5. The van der Waals surface area contributed by atoms with Crippen molar-refractivity contribution in [3.05, 3.63) is 69.1 Å². The number of ether oxygens (including phenoxy) is 1. The average Bonchev–Trinajstić information content (AvgIpc) is 2.97. The number of thiophene rings is 1. The van der Waals surface area contributed by atoms with Gasteiger partial charge in [-0.25, -0.2) is 4.79 Å². The van der Waals surface area contributed by atoms with E-state index in [2.05, 4.69) is 5.32 Å². The molecule has 144 valence electrons. The third-order valence-corrected chi connectivity index (χ3v) is 5.87. The number of fused-ring (bicyclic) bond motifs is 1. The van der Waals surface area contributed by atoms with Gasteiger partial charge in [0.25, 0.3) is 5.91 Å². The van der Waals surface area contributed by atoms with Crippen molar-refractivity contribution in [2.45, 2.75) is 20.8 Å². The van der Waals surface area contributed by atoms with E-state index in [-0.39, 0.29) is 12.5 Å². The normalized spacial score (nSPS) is 11.1. The summed E-state index contributed by atoms with van der Waals surface area (Å²) in [4.78, 5) is 24.8. The SMILES string of the molecule is Cc1cc(C)c(NC(=O)COC(=O)/C=C/c2sc3ccccc3c2Cl)c(C)c1. The first-order valence-corrected chi connectivity index (χ1v) is 9.94. The third-order valence-electron chi connectivity index (χ3n) is 4.22. The predicted octanol–water partition coefficient (Wildman–Crippen LogP) is 5.68. The highest BCUT2D eigenvalue weighted by molar-refractivity contribution is 7.20. The zero-order chi connectivity index (χ0) is 20.3. The molecule has 0 radical (unpaired) electrons. The Bertz CT molecular complexity index is 1060. The van der Waals surface area contributed by atoms with Crippen molar-refractivity contribution in [2.75, 3.05) is 11.9 Å². The molecule has 3 rings (SSSR count). The Morgan fingerprint density at radius 1 is 1.14 bits per heavy atom. The fraction of sp³-hybridized carbons (Fsp3) is 0.182. The van der Waals surface area contributed by atoms with E-state index < -0.39 is 5.97 Å². The number of hydrogen-bond donors (Lipinski definition) is 1. The van der Waals surface area contributed by atoms with Crippen molar-refractivity contribution < 1.29 is 14.3 Å². The molecule has 4 nitrogen and oxygen atoms in total. The molecular formula is C22H20ClNO3S. The molecule has 6 heteroatoms. The van der Waals surface area contributed by atoms with Crippen LogP contribution in [0.1, 0.15) is 21.6 Å². The van der Waals surface area contributed by atoms with E-state index in [9.17, 15) is 9.59 Å². The van der Waals surface area contributed by atoms with Crippen LogP contribution in [-0.2, 0) is 14.3 Å². The van der Waals surface area contributed by atoms with Crippen LogP contribution in [0.25, 0.3) is 16.2 Å². The van der Waals surface area contributed by atoms with Gasteiger partial charge in [-0.15, -0.1) is 11.3 Å². The summed E-state index contributed by atoms with van der Waals surface area (Å²) >= 11 is 7.83. The molecule has 0 fully saturated rings. The van der Waals surface area contributed by atoms with Crippen molar-refractivity contribution >= 4 is 56.7 Å². The second kappa shape index (κ2) is 8.59. The zero-order valence-electron chi connectivity index (χ0n) is 15.8. The first-order chi connectivity index (χ1) is 13.3. The molecule has 0 bridgehead atoms. The summed E-state index contributed by atoms with van der Waals surface area (Å²) in [6.45, 7) is 5.51. The van der Waals surface area contributed by atoms with Crippen LogP contribution in [0.3, 0.4) is 0 Å². The molecule has 28 heavy (non-hydrogen) atoms. The maximum absolute atomic E-state index is 12.1. The number of nitrogens with one attached hydrogen (secondary N) is 1. The number of carbonyl (C=O) groups excluding carboxylic acids is 2. The Morgan fingerprint density at radius 2 is 1.82 bits per heavy atom. The summed E-state index contributed by atoms with van der Waals surface area (Å²) in [5, 5.41) is 4.36. The number of benzene rings is 2. The molecule has 0 saturated carbocycles. The van der Waals surface area contributed by atoms with Gasteiger partial charge in [0.2, 0.25) is 0 Å². The van der Waals surface area contributed by atoms with E-state index in [4.69, 9.17) is 16.3 Å². The van der Waals surface area contributed by atoms with Crippen molar-refractivity contribution in [1.82, 2.24) is 0 Å². The van der Waals surface area contributed by atoms with Crippen LogP contribution in [0.2, 0.25) is 5.02 Å². The molecule has 0 aliphatic carbocycles. The van der Waals surface area contributed by atoms with E-state index in [1.165, 1.54) is 17.4 Å². The largest absolute Gasteiger partial charge is 0.452 e. The fourth-order valence-electron chi connectivity index (χ4n) is 3.02. The van der Waals surface area contributed by atoms with Gasteiger partial charge >= 0.3 is 5.97 Å². The van der Waals surface area contributed by atoms with Crippen LogP contribution >= 0.6 is 22.9 Å². The Kier molecular flexibility index (Phi) is 6.17. The maximum Gasteiger partial charge on any atom is 0.331 e. The standard InChI is InChI=1S/C22H20ClNO3S/c1-13-10-14(2)22(15(3)11-13)24-19(25)12-27-20(26)9-8-18-21(23)16-6-4-5-7-17(16)28-18/h4-11H,12H2,1-3H3,(H,24,25)/b9-8+. The Morgan fingerprint density at radius 3 is 2.50 bits per heavy atom. The van der Waals surface area contributed by atoms with Gasteiger partial charge in [-0.05, 0) is 44.0 Å². The van der Waals surface area contributed by atoms with E-state index >= 15 is 0 Å². The van der Waals surface area contributed by atoms with Crippen LogP contribution < -0.4 is 5.32 Å². The van der Waals surface area contributed by atoms with Crippen molar-refractivity contribution in [2.24, 2.45) is 0 Å². The van der Waals surface area contributed by atoms with Crippen LogP contribution in [0.4, 0.5) is 5.69 Å². The van der Waals surface area contributed by atoms with Gasteiger partial charge in [0.05, 0.1) is 5.02 Å². The Hall–Kier alpha value is -2.63. The van der Waals surface area contributed by atoms with Gasteiger partial charge in [-0.3, -0.25) is 4.79 Å². The van der Waals surface area contributed by atoms with Crippen LogP contribution in [-0.4, -0.2) is 18.5 Å². The van der Waals surface area contributed by atoms with E-state index in [1.54, 1.807) is 6.08 Å². The minimum absolute atomic E-state index is 0.351. The average molecular weight is 414 g/mol. The van der Waals surface area contributed by atoms with Crippen LogP contribution in [0, 0.1) is 20.8 Å². The molecule has 3 aromatic rings. The summed E-state index contributed by atoms with van der Waals surface area (Å²) in [6.07, 6.45) is 2.90. The molecule has 0 unspecified atom stereocenters. The fourth-order valence-corrected chi connectivity index (χ4v) is 4.42. The van der Waals surface area contributed by atoms with E-state index in [1.807, 2.05) is 57.2 Å². The summed E-state index contributed by atoms with van der Waals surface area (Å²) < 4.78 is 6.08. The predicted molar refractivity (Wildman–Crippen MR) is 116 cm³/mol. The van der Waals surface area contributed by atoms with E-state index in [0.717, 1.165) is 37.3 Å². The molecule has 1 N–H and O–H groups in total. The van der Waals surface area contributed by atoms with E-state index in [0.29, 0.717) is 5.02 Å². The van der Waals surface area contributed by atoms with Gasteiger partial charge in [0.1, 0.15) is 0 Å². The Labute approximate surface area is 172 Å². The number of halogens is 1. The van der Waals surface area contributed by atoms with Crippen molar-refractivity contribution in [1.29, 1.82) is 0 Å². The molecule has 0 saturated heterocycles. The number of aryl methyl sites for hydroxylation is 3. The maximum atomic E-state index is 12.1. The van der Waals surface area contributed by atoms with Gasteiger partial charge in [-0.2, -0.15) is 0 Å². The number of anilines is 1. The smallest absolute Gasteiger partial charge is 0.331 e.